The van der Waals surface area contributed by atoms with Crippen molar-refractivity contribution in [3.63, 3.8) is 0 Å². The average Bonchev–Trinajstić information content (AvgIpc) is 2.91. The molecule has 5 heteroatoms. The van der Waals surface area contributed by atoms with E-state index in [2.05, 4.69) is 71.2 Å². The fraction of sp³-hybridized carbons (Fsp3) is 0.348. The molecule has 1 radical (unpaired) electrons. The third-order valence-electron chi connectivity index (χ3n) is 6.27. The standard InChI is InChI=1S/C23H28NO2Si2/c1-13-11-16-9-8-10-17(18(16)12-13)19-14(2)21-15(3)22(20(19)23(24)25)28(6,7)26-27(21,4)5/h8-10,12,24H,11H2,1-7H3. The fourth-order valence-corrected chi connectivity index (χ4v) is 15.7. The number of hydrogen-bond acceptors (Lipinski definition) is 2. The zero-order valence-electron chi connectivity index (χ0n) is 17.8. The van der Waals surface area contributed by atoms with Crippen LogP contribution in [-0.4, -0.2) is 22.5 Å². The van der Waals surface area contributed by atoms with Gasteiger partial charge in [0.05, 0.1) is 5.56 Å². The van der Waals surface area contributed by atoms with Gasteiger partial charge in [0.2, 0.25) is 16.6 Å². The number of rotatable bonds is 2. The molecule has 145 valence electrons. The van der Waals surface area contributed by atoms with Crippen LogP contribution in [0.2, 0.25) is 26.2 Å². The third-order valence-corrected chi connectivity index (χ3v) is 14.1. The number of carbonyl (C=O) groups is 1. The van der Waals surface area contributed by atoms with Crippen LogP contribution in [0.3, 0.4) is 0 Å². The minimum Gasteiger partial charge on any atom is -0.449 e. The van der Waals surface area contributed by atoms with Crippen molar-refractivity contribution in [2.45, 2.75) is 53.4 Å². The number of fused-ring (bicyclic) bond motifs is 3. The minimum atomic E-state index is -2.29. The Balaban J connectivity index is 2.20. The molecule has 4 rings (SSSR count). The van der Waals surface area contributed by atoms with Crippen molar-refractivity contribution in [1.29, 1.82) is 0 Å². The van der Waals surface area contributed by atoms with Gasteiger partial charge in [-0.1, -0.05) is 29.8 Å². The third kappa shape index (κ3) is 2.60. The van der Waals surface area contributed by atoms with Crippen molar-refractivity contribution in [3.8, 4) is 11.1 Å². The smallest absolute Gasteiger partial charge is 0.270 e. The van der Waals surface area contributed by atoms with Crippen LogP contribution in [0.5, 0.6) is 0 Å². The van der Waals surface area contributed by atoms with Crippen molar-refractivity contribution in [1.82, 2.24) is 5.73 Å². The number of allylic oxidation sites excluding steroid dienone is 1. The van der Waals surface area contributed by atoms with Gasteiger partial charge in [0, 0.05) is 0 Å². The lowest BCUT2D eigenvalue weighted by atomic mass is 9.88. The van der Waals surface area contributed by atoms with Crippen molar-refractivity contribution in [2.75, 3.05) is 0 Å². The molecule has 0 aromatic heterocycles. The van der Waals surface area contributed by atoms with E-state index >= 15 is 0 Å². The van der Waals surface area contributed by atoms with Crippen LogP contribution in [0.1, 0.15) is 39.5 Å². The van der Waals surface area contributed by atoms with E-state index in [1.807, 2.05) is 0 Å². The average molecular weight is 407 g/mol. The summed E-state index contributed by atoms with van der Waals surface area (Å²) < 4.78 is 6.72. The maximum atomic E-state index is 12.7. The van der Waals surface area contributed by atoms with Crippen LogP contribution in [-0.2, 0) is 10.5 Å². The largest absolute Gasteiger partial charge is 0.449 e. The summed E-state index contributed by atoms with van der Waals surface area (Å²) in [6.45, 7) is 15.3. The number of amides is 1. The van der Waals surface area contributed by atoms with Gasteiger partial charge in [-0.25, -0.2) is 0 Å². The lowest BCUT2D eigenvalue weighted by molar-refractivity contribution is 0.0993. The van der Waals surface area contributed by atoms with Gasteiger partial charge in [-0.05, 0) is 97.1 Å². The Labute approximate surface area is 169 Å². The van der Waals surface area contributed by atoms with E-state index in [0.717, 1.165) is 28.3 Å². The van der Waals surface area contributed by atoms with E-state index in [9.17, 15) is 4.79 Å². The van der Waals surface area contributed by atoms with Crippen LogP contribution < -0.4 is 16.1 Å². The minimum absolute atomic E-state index is 0.575. The summed E-state index contributed by atoms with van der Waals surface area (Å²) in [7, 11) is -4.37. The normalized spacial score (nSPS) is 18.6. The van der Waals surface area contributed by atoms with Crippen LogP contribution in [0.4, 0.5) is 0 Å². The maximum Gasteiger partial charge on any atom is 0.270 e. The molecule has 1 aliphatic heterocycles. The first-order chi connectivity index (χ1) is 13.0. The van der Waals surface area contributed by atoms with E-state index in [1.54, 1.807) is 0 Å². The van der Waals surface area contributed by atoms with E-state index < -0.39 is 22.5 Å². The summed E-state index contributed by atoms with van der Waals surface area (Å²) in [5, 5.41) is 2.34. The Morgan fingerprint density at radius 3 is 2.29 bits per heavy atom. The van der Waals surface area contributed by atoms with Gasteiger partial charge < -0.3 is 4.12 Å². The van der Waals surface area contributed by atoms with Gasteiger partial charge in [0.15, 0.2) is 0 Å². The highest BCUT2D eigenvalue weighted by Crippen LogP contribution is 2.39. The Kier molecular flexibility index (Phi) is 4.16. The van der Waals surface area contributed by atoms with Gasteiger partial charge in [-0.15, -0.1) is 0 Å². The molecule has 1 N–H and O–H groups in total. The number of hydrogen-bond donors (Lipinski definition) is 0. The Hall–Kier alpha value is -1.96. The first-order valence-electron chi connectivity index (χ1n) is 9.89. The molecule has 2 bridgehead atoms. The Bertz CT molecular complexity index is 1080. The van der Waals surface area contributed by atoms with E-state index in [4.69, 9.17) is 9.85 Å². The van der Waals surface area contributed by atoms with E-state index in [-0.39, 0.29) is 0 Å². The SMILES string of the molecule is CC1=Cc2c(cccc2-c2c(C)c3c(C)c(c2C([NH])=O)[Si](C)(C)O[Si]3(C)C)C1. The molecule has 0 atom stereocenters. The second-order valence-electron chi connectivity index (χ2n) is 9.25. The summed E-state index contributed by atoms with van der Waals surface area (Å²) in [5.74, 6) is -0.593. The zero-order chi connectivity index (χ0) is 20.6. The zero-order valence-corrected chi connectivity index (χ0v) is 19.8. The first kappa shape index (κ1) is 19.4. The molecule has 2 aliphatic rings. The highest BCUT2D eigenvalue weighted by molar-refractivity contribution is 7.00. The molecule has 0 saturated heterocycles. The topological polar surface area (TPSA) is 50.1 Å². The predicted molar refractivity (Wildman–Crippen MR) is 121 cm³/mol. The number of carbonyl (C=O) groups excluding carboxylic acids is 1. The molecule has 0 saturated carbocycles. The van der Waals surface area contributed by atoms with Gasteiger partial charge in [-0.3, -0.25) is 10.5 Å². The van der Waals surface area contributed by atoms with E-state index in [1.165, 1.54) is 27.5 Å². The summed E-state index contributed by atoms with van der Waals surface area (Å²) in [4.78, 5) is 12.7. The monoisotopic (exact) mass is 406 g/mol. The predicted octanol–water partition coefficient (Wildman–Crippen LogP) is 4.21. The molecule has 0 unspecified atom stereocenters. The highest BCUT2D eigenvalue weighted by atomic mass is 28.4. The first-order valence-corrected chi connectivity index (χ1v) is 15.7. The van der Waals surface area contributed by atoms with Crippen LogP contribution in [0.25, 0.3) is 17.2 Å². The second-order valence-corrected chi connectivity index (χ2v) is 17.1. The molecule has 3 nitrogen and oxygen atoms in total. The van der Waals surface area contributed by atoms with Crippen molar-refractivity contribution in [2.24, 2.45) is 0 Å². The van der Waals surface area contributed by atoms with Crippen molar-refractivity contribution >= 4 is 39.0 Å². The Morgan fingerprint density at radius 2 is 1.64 bits per heavy atom. The molecule has 28 heavy (non-hydrogen) atoms. The van der Waals surface area contributed by atoms with Crippen molar-refractivity contribution in [3.05, 3.63) is 51.6 Å². The molecule has 1 amide bonds. The van der Waals surface area contributed by atoms with Gasteiger partial charge in [0.25, 0.3) is 5.91 Å². The summed E-state index contributed by atoms with van der Waals surface area (Å²) in [6.07, 6.45) is 3.20. The number of benzene rings is 2. The van der Waals surface area contributed by atoms with Gasteiger partial charge in [-0.2, -0.15) is 0 Å². The molecular formula is C23H28NO2Si2. The van der Waals surface area contributed by atoms with Gasteiger partial charge >= 0.3 is 0 Å². The summed E-state index contributed by atoms with van der Waals surface area (Å²) in [5.41, 5.74) is 17.0. The lowest BCUT2D eigenvalue weighted by Gasteiger charge is -2.44. The van der Waals surface area contributed by atoms with E-state index in [0.29, 0.717) is 5.56 Å². The lowest BCUT2D eigenvalue weighted by Crippen LogP contribution is -2.67. The van der Waals surface area contributed by atoms with Crippen LogP contribution in [0, 0.1) is 13.8 Å². The molecule has 0 fully saturated rings. The summed E-state index contributed by atoms with van der Waals surface area (Å²) >= 11 is 0. The molecule has 1 heterocycles. The molecule has 2 aromatic rings. The quantitative estimate of drug-likeness (QED) is 0.702. The van der Waals surface area contributed by atoms with Gasteiger partial charge in [0.1, 0.15) is 0 Å². The molecule has 0 spiro atoms. The molecular weight excluding hydrogens is 378 g/mol. The Morgan fingerprint density at radius 1 is 1.00 bits per heavy atom. The maximum absolute atomic E-state index is 12.7. The molecule has 1 aliphatic carbocycles. The van der Waals surface area contributed by atoms with Crippen molar-refractivity contribution < 1.29 is 8.91 Å². The fourth-order valence-electron chi connectivity index (χ4n) is 5.74. The highest BCUT2D eigenvalue weighted by Gasteiger charge is 2.47. The van der Waals surface area contributed by atoms with Crippen LogP contribution >= 0.6 is 0 Å². The second kappa shape index (κ2) is 6.02. The van der Waals surface area contributed by atoms with Crippen LogP contribution in [0.15, 0.2) is 23.8 Å². The molecule has 2 aromatic carbocycles. The summed E-state index contributed by atoms with van der Waals surface area (Å²) in [6, 6.07) is 6.38. The number of nitrogens with one attached hydrogen (secondary N) is 1.